The van der Waals surface area contributed by atoms with E-state index in [2.05, 4.69) is 10.6 Å². The Bertz CT molecular complexity index is 1140. The van der Waals surface area contributed by atoms with Gasteiger partial charge in [-0.25, -0.2) is 4.39 Å². The van der Waals surface area contributed by atoms with E-state index in [4.69, 9.17) is 4.74 Å². The molecule has 1 aliphatic heterocycles. The van der Waals surface area contributed by atoms with E-state index < -0.39 is 17.6 Å². The van der Waals surface area contributed by atoms with Gasteiger partial charge in [0.2, 0.25) is 0 Å². The third kappa shape index (κ3) is 3.79. The number of hydrogen-bond acceptors (Lipinski definition) is 5. The molecule has 0 radical (unpaired) electrons. The Morgan fingerprint density at radius 2 is 2.00 bits per heavy atom. The minimum atomic E-state index is -0.662. The van der Waals surface area contributed by atoms with E-state index in [9.17, 15) is 19.1 Å². The molecule has 0 spiro atoms. The number of ketones is 1. The van der Waals surface area contributed by atoms with Gasteiger partial charge in [0.25, 0.3) is 5.91 Å². The highest BCUT2D eigenvalue weighted by Gasteiger charge is 2.38. The molecule has 1 amide bonds. The molecule has 0 aromatic heterocycles. The first-order valence-corrected chi connectivity index (χ1v) is 10.1. The number of anilines is 1. The maximum absolute atomic E-state index is 14.2. The number of dihydropyridines is 1. The van der Waals surface area contributed by atoms with E-state index >= 15 is 0 Å². The van der Waals surface area contributed by atoms with Gasteiger partial charge < -0.3 is 20.5 Å². The van der Waals surface area contributed by atoms with Crippen molar-refractivity contribution in [2.45, 2.75) is 32.1 Å². The minimum Gasteiger partial charge on any atom is -0.504 e. The van der Waals surface area contributed by atoms with Gasteiger partial charge in [0, 0.05) is 34.9 Å². The van der Waals surface area contributed by atoms with Crippen LogP contribution in [-0.2, 0) is 9.59 Å². The van der Waals surface area contributed by atoms with Gasteiger partial charge in [-0.3, -0.25) is 9.59 Å². The highest BCUT2D eigenvalue weighted by Crippen LogP contribution is 2.44. The predicted octanol–water partition coefficient (Wildman–Crippen LogP) is 4.15. The van der Waals surface area contributed by atoms with Crippen LogP contribution in [-0.4, -0.2) is 23.9 Å². The van der Waals surface area contributed by atoms with E-state index in [1.807, 2.05) is 0 Å². The zero-order chi connectivity index (χ0) is 22.1. The molecule has 0 fully saturated rings. The number of benzene rings is 2. The number of para-hydroxylation sites is 1. The number of aromatic hydroxyl groups is 1. The molecule has 3 N–H and O–H groups in total. The largest absolute Gasteiger partial charge is 0.504 e. The van der Waals surface area contributed by atoms with Gasteiger partial charge in [-0.1, -0.05) is 18.2 Å². The Balaban J connectivity index is 1.83. The maximum atomic E-state index is 14.2. The Hall–Kier alpha value is -3.61. The topological polar surface area (TPSA) is 87.7 Å². The highest BCUT2D eigenvalue weighted by molar-refractivity contribution is 6.09. The molecule has 0 saturated heterocycles. The molecule has 6 nitrogen and oxygen atoms in total. The van der Waals surface area contributed by atoms with E-state index in [0.29, 0.717) is 35.2 Å². The number of ether oxygens (including phenoxy) is 1. The molecule has 31 heavy (non-hydrogen) atoms. The number of Topliss-reactive ketones (excluding diaryl/α,β-unsaturated/α-hetero) is 1. The zero-order valence-electron chi connectivity index (χ0n) is 17.3. The Morgan fingerprint density at radius 3 is 2.74 bits per heavy atom. The second-order valence-corrected chi connectivity index (χ2v) is 7.63. The fraction of sp³-hybridized carbons (Fsp3) is 0.250. The first-order chi connectivity index (χ1) is 14.9. The van der Waals surface area contributed by atoms with Crippen LogP contribution < -0.4 is 15.4 Å². The Labute approximate surface area is 179 Å². The summed E-state index contributed by atoms with van der Waals surface area (Å²) < 4.78 is 19.4. The third-order valence-electron chi connectivity index (χ3n) is 5.68. The van der Waals surface area contributed by atoms with Gasteiger partial charge in [-0.05, 0) is 49.6 Å². The standard InChI is InChI=1S/C24H23FN2O4/c1-13-21(24(30)27-16-7-4-3-6-15(16)25)22(14-10-11-18(28)20(12-14)31-2)23-17(26-13)8-5-9-19(23)29/h3-4,6-7,10-12,22,26,28H,5,8-9H2,1-2H3,(H,27,30)/t22-/m1/s1. The van der Waals surface area contributed by atoms with Crippen molar-refractivity contribution in [1.29, 1.82) is 0 Å². The number of halogens is 1. The molecular weight excluding hydrogens is 399 g/mol. The van der Waals surface area contributed by atoms with Gasteiger partial charge in [0.15, 0.2) is 17.3 Å². The number of rotatable bonds is 4. The minimum absolute atomic E-state index is 0.0329. The van der Waals surface area contributed by atoms with Crippen LogP contribution in [0.5, 0.6) is 11.5 Å². The zero-order valence-corrected chi connectivity index (χ0v) is 17.3. The summed E-state index contributed by atoms with van der Waals surface area (Å²) in [7, 11) is 1.44. The predicted molar refractivity (Wildman–Crippen MR) is 114 cm³/mol. The Kier molecular flexibility index (Phi) is 5.50. The average molecular weight is 422 g/mol. The summed E-state index contributed by atoms with van der Waals surface area (Å²) in [6.45, 7) is 1.77. The molecule has 4 rings (SSSR count). The van der Waals surface area contributed by atoms with Crippen molar-refractivity contribution >= 4 is 17.4 Å². The van der Waals surface area contributed by atoms with E-state index in [1.54, 1.807) is 31.2 Å². The lowest BCUT2D eigenvalue weighted by atomic mass is 9.75. The lowest BCUT2D eigenvalue weighted by molar-refractivity contribution is -0.116. The van der Waals surface area contributed by atoms with Gasteiger partial charge in [-0.2, -0.15) is 0 Å². The third-order valence-corrected chi connectivity index (χ3v) is 5.68. The van der Waals surface area contributed by atoms with Crippen molar-refractivity contribution in [3.8, 4) is 11.5 Å². The number of nitrogens with one attached hydrogen (secondary N) is 2. The molecule has 2 aliphatic rings. The van der Waals surface area contributed by atoms with E-state index in [1.165, 1.54) is 25.3 Å². The monoisotopic (exact) mass is 422 g/mol. The Morgan fingerprint density at radius 1 is 1.23 bits per heavy atom. The van der Waals surface area contributed by atoms with Crippen molar-refractivity contribution in [2.24, 2.45) is 0 Å². The normalized spacial score (nSPS) is 18.4. The first kappa shape index (κ1) is 20.7. The van der Waals surface area contributed by atoms with Crippen LogP contribution in [0.2, 0.25) is 0 Å². The fourth-order valence-corrected chi connectivity index (χ4v) is 4.24. The van der Waals surface area contributed by atoms with E-state index in [0.717, 1.165) is 12.1 Å². The van der Waals surface area contributed by atoms with E-state index in [-0.39, 0.29) is 23.0 Å². The SMILES string of the molecule is COc1cc([C@@H]2C(C(=O)Nc3ccccc3F)=C(C)NC3=C2C(=O)CCC3)ccc1O. The summed E-state index contributed by atoms with van der Waals surface area (Å²) in [5, 5.41) is 15.9. The van der Waals surface area contributed by atoms with Gasteiger partial charge in [-0.15, -0.1) is 0 Å². The number of carbonyl (C=O) groups excluding carboxylic acids is 2. The van der Waals surface area contributed by atoms with Gasteiger partial charge in [0.1, 0.15) is 5.82 Å². The number of phenolic OH excluding ortho intramolecular Hbond substituents is 1. The molecule has 160 valence electrons. The average Bonchev–Trinajstić information content (AvgIpc) is 2.75. The number of amides is 1. The summed E-state index contributed by atoms with van der Waals surface area (Å²) >= 11 is 0. The molecule has 1 atom stereocenters. The molecule has 2 aromatic rings. The summed E-state index contributed by atoms with van der Waals surface area (Å²) in [6, 6.07) is 10.7. The highest BCUT2D eigenvalue weighted by atomic mass is 19.1. The number of hydrogen-bond donors (Lipinski definition) is 3. The number of methoxy groups -OCH3 is 1. The summed E-state index contributed by atoms with van der Waals surface area (Å²) in [5.74, 6) is -1.54. The first-order valence-electron chi connectivity index (χ1n) is 10.1. The van der Waals surface area contributed by atoms with Crippen molar-refractivity contribution in [3.05, 3.63) is 76.4 Å². The quantitative estimate of drug-likeness (QED) is 0.689. The lowest BCUT2D eigenvalue weighted by Gasteiger charge is -2.34. The summed E-state index contributed by atoms with van der Waals surface area (Å²) in [6.07, 6.45) is 1.83. The number of allylic oxidation sites excluding steroid dienone is 3. The molecule has 2 aromatic carbocycles. The molecule has 0 unspecified atom stereocenters. The van der Waals surface area contributed by atoms with Gasteiger partial charge >= 0.3 is 0 Å². The maximum Gasteiger partial charge on any atom is 0.254 e. The summed E-state index contributed by atoms with van der Waals surface area (Å²) in [5.41, 5.74) is 2.95. The van der Waals surface area contributed by atoms with Crippen LogP contribution in [0.15, 0.2) is 65.0 Å². The molecule has 1 aliphatic carbocycles. The van der Waals surface area contributed by atoms with Crippen LogP contribution in [0.3, 0.4) is 0 Å². The second-order valence-electron chi connectivity index (χ2n) is 7.63. The van der Waals surface area contributed by atoms with Crippen LogP contribution >= 0.6 is 0 Å². The number of carbonyl (C=O) groups is 2. The fourth-order valence-electron chi connectivity index (χ4n) is 4.24. The van der Waals surface area contributed by atoms with Crippen LogP contribution in [0, 0.1) is 5.82 Å². The van der Waals surface area contributed by atoms with Gasteiger partial charge in [0.05, 0.1) is 12.8 Å². The van der Waals surface area contributed by atoms with Crippen molar-refractivity contribution in [1.82, 2.24) is 5.32 Å². The molecular formula is C24H23FN2O4. The van der Waals surface area contributed by atoms with Crippen molar-refractivity contribution in [3.63, 3.8) is 0 Å². The van der Waals surface area contributed by atoms with Crippen LogP contribution in [0.1, 0.15) is 37.7 Å². The smallest absolute Gasteiger partial charge is 0.254 e. The molecule has 7 heteroatoms. The second kappa shape index (κ2) is 8.26. The summed E-state index contributed by atoms with van der Waals surface area (Å²) in [4.78, 5) is 26.3. The molecule has 1 heterocycles. The molecule has 0 bridgehead atoms. The molecule has 0 saturated carbocycles. The van der Waals surface area contributed by atoms with Crippen LogP contribution in [0.4, 0.5) is 10.1 Å². The lowest BCUT2D eigenvalue weighted by Crippen LogP contribution is -2.35. The van der Waals surface area contributed by atoms with Crippen molar-refractivity contribution in [2.75, 3.05) is 12.4 Å². The van der Waals surface area contributed by atoms with Crippen LogP contribution in [0.25, 0.3) is 0 Å². The number of phenols is 1. The van der Waals surface area contributed by atoms with Crippen molar-refractivity contribution < 1.29 is 23.8 Å².